The van der Waals surface area contributed by atoms with Gasteiger partial charge in [-0.25, -0.2) is 0 Å². The molecule has 0 unspecified atom stereocenters. The van der Waals surface area contributed by atoms with E-state index in [1.54, 1.807) is 0 Å². The number of fused-ring (bicyclic) bond motifs is 1. The van der Waals surface area contributed by atoms with Gasteiger partial charge in [0.15, 0.2) is 0 Å². The molecule has 0 saturated heterocycles. The van der Waals surface area contributed by atoms with Crippen LogP contribution in [0.3, 0.4) is 0 Å². The molecule has 0 atom stereocenters. The minimum Gasteiger partial charge on any atom is -0.393 e. The van der Waals surface area contributed by atoms with Crippen molar-refractivity contribution in [1.82, 2.24) is 4.98 Å². The minimum atomic E-state index is -0.0937. The maximum atomic E-state index is 9.50. The Bertz CT molecular complexity index is 533. The van der Waals surface area contributed by atoms with Crippen molar-refractivity contribution in [2.75, 3.05) is 5.32 Å². The Balaban J connectivity index is 1.74. The van der Waals surface area contributed by atoms with Gasteiger partial charge < -0.3 is 10.4 Å². The summed E-state index contributed by atoms with van der Waals surface area (Å²) in [6, 6.07) is 10.8. The predicted molar refractivity (Wildman–Crippen MR) is 73.6 cm³/mol. The first-order chi connectivity index (χ1) is 8.81. The van der Waals surface area contributed by atoms with E-state index in [1.165, 1.54) is 5.39 Å². The summed E-state index contributed by atoms with van der Waals surface area (Å²) < 4.78 is 0. The molecule has 1 aromatic carbocycles. The second kappa shape index (κ2) is 4.94. The lowest BCUT2D eigenvalue weighted by Crippen LogP contribution is -2.28. The molecule has 94 valence electrons. The van der Waals surface area contributed by atoms with E-state index in [4.69, 9.17) is 0 Å². The first-order valence-electron chi connectivity index (χ1n) is 6.61. The van der Waals surface area contributed by atoms with Gasteiger partial charge in [-0.2, -0.15) is 0 Å². The van der Waals surface area contributed by atoms with E-state index in [0.29, 0.717) is 6.04 Å². The molecule has 0 aliphatic heterocycles. The third-order valence-electron chi connectivity index (χ3n) is 3.67. The van der Waals surface area contributed by atoms with Crippen molar-refractivity contribution in [3.8, 4) is 0 Å². The molecule has 1 aliphatic carbocycles. The summed E-state index contributed by atoms with van der Waals surface area (Å²) in [6.07, 6.45) is 5.64. The van der Waals surface area contributed by atoms with Crippen molar-refractivity contribution in [1.29, 1.82) is 0 Å². The van der Waals surface area contributed by atoms with Crippen molar-refractivity contribution in [3.05, 3.63) is 36.5 Å². The summed E-state index contributed by atoms with van der Waals surface area (Å²) in [7, 11) is 0. The van der Waals surface area contributed by atoms with E-state index >= 15 is 0 Å². The fraction of sp³-hybridized carbons (Fsp3) is 0.400. The third kappa shape index (κ3) is 2.46. The van der Waals surface area contributed by atoms with Crippen LogP contribution in [0, 0.1) is 0 Å². The number of nitrogens with one attached hydrogen (secondary N) is 1. The number of nitrogens with zero attached hydrogens (tertiary/aromatic N) is 1. The molecule has 3 rings (SSSR count). The maximum absolute atomic E-state index is 9.50. The molecule has 2 N–H and O–H groups in total. The van der Waals surface area contributed by atoms with Gasteiger partial charge in [-0.15, -0.1) is 0 Å². The van der Waals surface area contributed by atoms with E-state index in [1.807, 2.05) is 12.3 Å². The quantitative estimate of drug-likeness (QED) is 0.851. The molecular formula is C15H18N2O. The second-order valence-electron chi connectivity index (χ2n) is 5.06. The second-order valence-corrected chi connectivity index (χ2v) is 5.06. The number of hydrogen-bond acceptors (Lipinski definition) is 3. The monoisotopic (exact) mass is 242 g/mol. The van der Waals surface area contributed by atoms with Crippen LogP contribution < -0.4 is 5.32 Å². The van der Waals surface area contributed by atoms with Crippen LogP contribution in [-0.2, 0) is 0 Å². The van der Waals surface area contributed by atoms with Gasteiger partial charge in [0.1, 0.15) is 0 Å². The standard InChI is InChI=1S/C15H18N2O/c18-14-6-3-12(4-7-14)17-13-5-8-15-11(10-13)2-1-9-16-15/h1-2,5,8-10,12,14,17-18H,3-4,6-7H2. The van der Waals surface area contributed by atoms with Crippen molar-refractivity contribution in [2.24, 2.45) is 0 Å². The number of pyridine rings is 1. The van der Waals surface area contributed by atoms with E-state index in [-0.39, 0.29) is 6.10 Å². The van der Waals surface area contributed by atoms with Crippen LogP contribution in [0.2, 0.25) is 0 Å². The lowest BCUT2D eigenvalue weighted by molar-refractivity contribution is 0.126. The number of hydrogen-bond donors (Lipinski definition) is 2. The molecule has 0 radical (unpaired) electrons. The van der Waals surface area contributed by atoms with Gasteiger partial charge in [0, 0.05) is 23.3 Å². The highest BCUT2D eigenvalue weighted by atomic mass is 16.3. The number of benzene rings is 1. The molecule has 3 heteroatoms. The van der Waals surface area contributed by atoms with Crippen LogP contribution in [0.1, 0.15) is 25.7 Å². The summed E-state index contributed by atoms with van der Waals surface area (Å²) in [6.45, 7) is 0. The van der Waals surface area contributed by atoms with Gasteiger partial charge >= 0.3 is 0 Å². The predicted octanol–water partition coefficient (Wildman–Crippen LogP) is 2.95. The Labute approximate surface area is 107 Å². The fourth-order valence-corrected chi connectivity index (χ4v) is 2.62. The number of aliphatic hydroxyl groups excluding tert-OH is 1. The van der Waals surface area contributed by atoms with Gasteiger partial charge in [0.25, 0.3) is 0 Å². The average molecular weight is 242 g/mol. The smallest absolute Gasteiger partial charge is 0.0703 e. The normalized spacial score (nSPS) is 24.1. The van der Waals surface area contributed by atoms with Gasteiger partial charge in [-0.3, -0.25) is 4.98 Å². The molecular weight excluding hydrogens is 224 g/mol. The highest BCUT2D eigenvalue weighted by Gasteiger charge is 2.18. The molecule has 2 aromatic rings. The Kier molecular flexibility index (Phi) is 3.15. The Morgan fingerprint density at radius 3 is 2.78 bits per heavy atom. The Morgan fingerprint density at radius 1 is 1.11 bits per heavy atom. The van der Waals surface area contributed by atoms with Crippen LogP contribution in [0.15, 0.2) is 36.5 Å². The molecule has 1 aromatic heterocycles. The fourth-order valence-electron chi connectivity index (χ4n) is 2.62. The lowest BCUT2D eigenvalue weighted by Gasteiger charge is -2.27. The Morgan fingerprint density at radius 2 is 1.94 bits per heavy atom. The largest absolute Gasteiger partial charge is 0.393 e. The number of aliphatic hydroxyl groups is 1. The zero-order valence-corrected chi connectivity index (χ0v) is 10.3. The van der Waals surface area contributed by atoms with E-state index < -0.39 is 0 Å². The average Bonchev–Trinajstić information content (AvgIpc) is 2.41. The first-order valence-corrected chi connectivity index (χ1v) is 6.61. The minimum absolute atomic E-state index is 0.0937. The van der Waals surface area contributed by atoms with Gasteiger partial charge in [0.2, 0.25) is 0 Å². The summed E-state index contributed by atoms with van der Waals surface area (Å²) in [4.78, 5) is 4.32. The SMILES string of the molecule is OC1CCC(Nc2ccc3ncccc3c2)CC1. The van der Waals surface area contributed by atoms with Crippen LogP contribution in [0.25, 0.3) is 10.9 Å². The van der Waals surface area contributed by atoms with Crippen LogP contribution in [0.4, 0.5) is 5.69 Å². The summed E-state index contributed by atoms with van der Waals surface area (Å²) in [5.41, 5.74) is 2.18. The number of aromatic nitrogens is 1. The van der Waals surface area contributed by atoms with Gasteiger partial charge in [-0.05, 0) is 49.9 Å². The lowest BCUT2D eigenvalue weighted by atomic mass is 9.93. The summed E-state index contributed by atoms with van der Waals surface area (Å²) in [5.74, 6) is 0. The Hall–Kier alpha value is -1.61. The summed E-state index contributed by atoms with van der Waals surface area (Å²) in [5, 5.41) is 14.2. The molecule has 0 spiro atoms. The third-order valence-corrected chi connectivity index (χ3v) is 3.67. The van der Waals surface area contributed by atoms with Gasteiger partial charge in [-0.1, -0.05) is 6.07 Å². The van der Waals surface area contributed by atoms with Crippen molar-refractivity contribution in [2.45, 2.75) is 37.8 Å². The molecule has 0 bridgehead atoms. The van der Waals surface area contributed by atoms with Crippen LogP contribution in [-0.4, -0.2) is 22.2 Å². The molecule has 1 heterocycles. The van der Waals surface area contributed by atoms with Crippen molar-refractivity contribution < 1.29 is 5.11 Å². The first kappa shape index (κ1) is 11.5. The van der Waals surface area contributed by atoms with E-state index in [2.05, 4.69) is 34.6 Å². The van der Waals surface area contributed by atoms with E-state index in [0.717, 1.165) is 36.9 Å². The molecule has 1 fully saturated rings. The van der Waals surface area contributed by atoms with Crippen LogP contribution in [0.5, 0.6) is 0 Å². The zero-order valence-electron chi connectivity index (χ0n) is 10.3. The topological polar surface area (TPSA) is 45.1 Å². The van der Waals surface area contributed by atoms with Crippen molar-refractivity contribution >= 4 is 16.6 Å². The summed E-state index contributed by atoms with van der Waals surface area (Å²) >= 11 is 0. The van der Waals surface area contributed by atoms with Crippen LogP contribution >= 0.6 is 0 Å². The highest BCUT2D eigenvalue weighted by Crippen LogP contribution is 2.24. The zero-order chi connectivity index (χ0) is 12.4. The molecule has 0 amide bonds. The maximum Gasteiger partial charge on any atom is 0.0703 e. The van der Waals surface area contributed by atoms with E-state index in [9.17, 15) is 5.11 Å². The molecule has 1 aliphatic rings. The highest BCUT2D eigenvalue weighted by molar-refractivity contribution is 5.82. The number of rotatable bonds is 2. The molecule has 3 nitrogen and oxygen atoms in total. The van der Waals surface area contributed by atoms with Crippen molar-refractivity contribution in [3.63, 3.8) is 0 Å². The number of anilines is 1. The van der Waals surface area contributed by atoms with Gasteiger partial charge in [0.05, 0.1) is 11.6 Å². The molecule has 18 heavy (non-hydrogen) atoms. The molecule has 1 saturated carbocycles.